The van der Waals surface area contributed by atoms with Gasteiger partial charge < -0.3 is 14.0 Å². The first-order valence-electron chi connectivity index (χ1n) is 18.0. The van der Waals surface area contributed by atoms with Gasteiger partial charge in [0.05, 0.1) is 18.3 Å². The molecule has 1 N–H and O–H groups in total. The van der Waals surface area contributed by atoms with Crippen LogP contribution < -0.4 is 0 Å². The summed E-state index contributed by atoms with van der Waals surface area (Å²) >= 11 is 0. The van der Waals surface area contributed by atoms with E-state index in [0.29, 0.717) is 29.1 Å². The molecule has 7 atom stereocenters. The summed E-state index contributed by atoms with van der Waals surface area (Å²) in [6.07, 6.45) is 19.9. The maximum atomic E-state index is 10.5. The van der Waals surface area contributed by atoms with Crippen molar-refractivity contribution in [3.05, 3.63) is 47.6 Å². The molecule has 44 heavy (non-hydrogen) atoms. The Morgan fingerprint density at radius 1 is 0.909 bits per heavy atom. The van der Waals surface area contributed by atoms with Crippen molar-refractivity contribution in [2.45, 2.75) is 168 Å². The molecule has 0 heterocycles. The Kier molecular flexibility index (Phi) is 10.7. The fraction of sp³-hybridized carbons (Fsp3) is 0.795. The van der Waals surface area contributed by atoms with E-state index in [-0.39, 0.29) is 28.4 Å². The van der Waals surface area contributed by atoms with Crippen molar-refractivity contribution in [3.8, 4) is 0 Å². The largest absolute Gasteiger partial charge is 0.413 e. The minimum Gasteiger partial charge on any atom is -0.413 e. The Morgan fingerprint density at radius 3 is 2.11 bits per heavy atom. The third kappa shape index (κ3) is 7.86. The van der Waals surface area contributed by atoms with Crippen LogP contribution >= 0.6 is 0 Å². The molecule has 0 aromatic carbocycles. The number of aliphatic hydroxyl groups excluding tert-OH is 1. The zero-order valence-corrected chi connectivity index (χ0v) is 32.7. The highest BCUT2D eigenvalue weighted by molar-refractivity contribution is 6.74. The number of fused-ring (bicyclic) bond motifs is 1. The summed E-state index contributed by atoms with van der Waals surface area (Å²) in [6, 6.07) is 0. The normalized spacial score (nSPS) is 34.2. The highest BCUT2D eigenvalue weighted by atomic mass is 28.4. The van der Waals surface area contributed by atoms with Crippen molar-refractivity contribution >= 4 is 16.6 Å². The molecular formula is C39H68O3Si2. The van der Waals surface area contributed by atoms with Gasteiger partial charge in [-0.1, -0.05) is 91.8 Å². The van der Waals surface area contributed by atoms with Crippen LogP contribution in [0.1, 0.15) is 113 Å². The summed E-state index contributed by atoms with van der Waals surface area (Å²) in [6.45, 7) is 33.2. The summed E-state index contributed by atoms with van der Waals surface area (Å²) in [4.78, 5) is 0. The Balaban J connectivity index is 1.57. The van der Waals surface area contributed by atoms with Crippen LogP contribution in [0.2, 0.25) is 36.3 Å². The summed E-state index contributed by atoms with van der Waals surface area (Å²) in [5.74, 6) is 2.35. The van der Waals surface area contributed by atoms with Gasteiger partial charge in [-0.15, -0.1) is 0 Å². The van der Waals surface area contributed by atoms with E-state index in [0.717, 1.165) is 12.8 Å². The second kappa shape index (κ2) is 13.1. The zero-order chi connectivity index (χ0) is 32.9. The highest BCUT2D eigenvalue weighted by Crippen LogP contribution is 2.59. The third-order valence-electron chi connectivity index (χ3n) is 13.1. The molecule has 4 rings (SSSR count). The van der Waals surface area contributed by atoms with Crippen LogP contribution in [0.3, 0.4) is 0 Å². The maximum absolute atomic E-state index is 10.5. The molecule has 0 aromatic rings. The van der Waals surface area contributed by atoms with Gasteiger partial charge in [0.15, 0.2) is 16.6 Å². The predicted octanol–water partition coefficient (Wildman–Crippen LogP) is 11.1. The van der Waals surface area contributed by atoms with Gasteiger partial charge in [0.2, 0.25) is 0 Å². The van der Waals surface area contributed by atoms with Gasteiger partial charge in [-0.25, -0.2) is 0 Å². The Labute approximate surface area is 274 Å². The first kappa shape index (κ1) is 36.1. The van der Waals surface area contributed by atoms with Crippen LogP contribution in [-0.4, -0.2) is 40.1 Å². The van der Waals surface area contributed by atoms with E-state index in [2.05, 4.69) is 112 Å². The van der Waals surface area contributed by atoms with Gasteiger partial charge in [-0.05, 0) is 128 Å². The molecule has 0 amide bonds. The van der Waals surface area contributed by atoms with Gasteiger partial charge in [0.1, 0.15) is 0 Å². The molecule has 250 valence electrons. The minimum absolute atomic E-state index is 0.0233. The predicted molar refractivity (Wildman–Crippen MR) is 194 cm³/mol. The second-order valence-electron chi connectivity index (χ2n) is 18.4. The topological polar surface area (TPSA) is 38.7 Å². The van der Waals surface area contributed by atoms with Crippen molar-refractivity contribution < 1.29 is 14.0 Å². The van der Waals surface area contributed by atoms with Gasteiger partial charge >= 0.3 is 0 Å². The van der Waals surface area contributed by atoms with Crippen molar-refractivity contribution in [2.24, 2.45) is 29.1 Å². The van der Waals surface area contributed by atoms with Crippen molar-refractivity contribution in [3.63, 3.8) is 0 Å². The molecule has 0 saturated heterocycles. The quantitative estimate of drug-likeness (QED) is 0.201. The Hall–Kier alpha value is -0.726. The molecule has 0 bridgehead atoms. The Bertz CT molecular complexity index is 1130. The van der Waals surface area contributed by atoms with Gasteiger partial charge in [-0.3, -0.25) is 0 Å². The van der Waals surface area contributed by atoms with Crippen LogP contribution in [-0.2, 0) is 8.85 Å². The second-order valence-corrected chi connectivity index (χ2v) is 27.9. The SMILES string of the molecule is C=C1C(=CC=C2CCC[C@]3(C)[C@@H]([C@H](C)C=C[C@H](O)C4CC4)CC[C@@H]23)C[C@@H](O[Si](C)(C)C(C)(C)C)C[C@@H]1O[Si](C)(C)C(C)(C)C. The molecule has 3 nitrogen and oxygen atoms in total. The molecule has 4 aliphatic carbocycles. The first-order chi connectivity index (χ1) is 20.2. The fourth-order valence-corrected chi connectivity index (χ4v) is 10.6. The van der Waals surface area contributed by atoms with E-state index >= 15 is 0 Å². The molecule has 4 saturated carbocycles. The number of aliphatic hydroxyl groups is 1. The standard InChI is InChI=1S/C39H68O3Si2/c1-27(16-23-35(40)30-18-19-30)33-21-22-34-29(15-14-24-39(33,34)9)17-20-31-25-32(41-43(10,11)37(3,4)5)26-36(28(31)2)42-44(12,13)38(6,7)8/h16-17,20,23,27,30,32-36,40H,2,14-15,18-19,21-22,24-26H2,1,3-13H3/t27-,32-,33-,34+,35+,36+,39-/m1/s1. The van der Waals surface area contributed by atoms with E-state index in [9.17, 15) is 5.11 Å². The van der Waals surface area contributed by atoms with Crippen LogP contribution in [0.5, 0.6) is 0 Å². The number of rotatable bonds is 9. The van der Waals surface area contributed by atoms with E-state index in [1.165, 1.54) is 56.1 Å². The summed E-state index contributed by atoms with van der Waals surface area (Å²) in [7, 11) is -3.90. The monoisotopic (exact) mass is 640 g/mol. The fourth-order valence-electron chi connectivity index (χ4n) is 7.93. The van der Waals surface area contributed by atoms with Crippen LogP contribution in [0, 0.1) is 29.1 Å². The van der Waals surface area contributed by atoms with Crippen LogP contribution in [0.15, 0.2) is 47.6 Å². The lowest BCUT2D eigenvalue weighted by atomic mass is 9.61. The lowest BCUT2D eigenvalue weighted by Gasteiger charge is -2.45. The lowest BCUT2D eigenvalue weighted by Crippen LogP contribution is -2.49. The molecular weight excluding hydrogens is 573 g/mol. The molecule has 0 aromatic heterocycles. The van der Waals surface area contributed by atoms with Crippen LogP contribution in [0.4, 0.5) is 0 Å². The summed E-state index contributed by atoms with van der Waals surface area (Å²) < 4.78 is 14.2. The number of hydrogen-bond acceptors (Lipinski definition) is 3. The smallest absolute Gasteiger partial charge is 0.192 e. The van der Waals surface area contributed by atoms with E-state index in [4.69, 9.17) is 8.85 Å². The van der Waals surface area contributed by atoms with E-state index in [1.54, 1.807) is 5.57 Å². The molecule has 0 unspecified atom stereocenters. The van der Waals surface area contributed by atoms with Crippen LogP contribution in [0.25, 0.3) is 0 Å². The highest BCUT2D eigenvalue weighted by Gasteiger charge is 2.50. The average Bonchev–Trinajstić information content (AvgIpc) is 3.68. The first-order valence-corrected chi connectivity index (χ1v) is 23.8. The zero-order valence-electron chi connectivity index (χ0n) is 30.7. The van der Waals surface area contributed by atoms with Crippen molar-refractivity contribution in [2.75, 3.05) is 0 Å². The van der Waals surface area contributed by atoms with Gasteiger partial charge in [-0.2, -0.15) is 0 Å². The number of allylic oxidation sites excluding steroid dienone is 4. The van der Waals surface area contributed by atoms with E-state index < -0.39 is 16.6 Å². The molecule has 4 fully saturated rings. The molecule has 0 spiro atoms. The van der Waals surface area contributed by atoms with Crippen molar-refractivity contribution in [1.82, 2.24) is 0 Å². The third-order valence-corrected chi connectivity index (χ3v) is 22.1. The summed E-state index contributed by atoms with van der Waals surface area (Å²) in [5.41, 5.74) is 4.49. The molecule has 0 radical (unpaired) electrons. The molecule has 0 aliphatic heterocycles. The van der Waals surface area contributed by atoms with Gasteiger partial charge in [0.25, 0.3) is 0 Å². The van der Waals surface area contributed by atoms with Gasteiger partial charge in [0, 0.05) is 6.42 Å². The van der Waals surface area contributed by atoms with E-state index in [1.807, 2.05) is 0 Å². The maximum Gasteiger partial charge on any atom is 0.192 e. The Morgan fingerprint density at radius 2 is 1.52 bits per heavy atom. The molecule has 4 aliphatic rings. The van der Waals surface area contributed by atoms with Crippen molar-refractivity contribution in [1.29, 1.82) is 0 Å². The number of hydrogen-bond donors (Lipinski definition) is 1. The minimum atomic E-state index is -1.98. The lowest BCUT2D eigenvalue weighted by molar-refractivity contribution is 0.0969. The molecule has 5 heteroatoms. The average molecular weight is 641 g/mol. The summed E-state index contributed by atoms with van der Waals surface area (Å²) in [5, 5.41) is 10.8.